The fraction of sp³-hybridized carbons (Fsp3) is 0.160. The Morgan fingerprint density at radius 3 is 2.23 bits per heavy atom. The lowest BCUT2D eigenvalue weighted by atomic mass is 9.98. The standard InChI is InChI=1S/C25H23ClFN3O5/c26-18-3-1-2-17(13-18)16-6-4-15(5-7-16)12-21(14-22(31)25(34)35)28-23(32)24(33)30-29-20-10-8-19(27)9-11-20/h1-11,13,21-22,29,31H,12,14H2,(H,28,32)(H,30,33)(H,34,35)/t21-,22-/m1/s1. The molecule has 2 amide bonds. The smallest absolute Gasteiger partial charge is 0.332 e. The zero-order valence-electron chi connectivity index (χ0n) is 18.4. The zero-order chi connectivity index (χ0) is 25.4. The lowest BCUT2D eigenvalue weighted by molar-refractivity contribution is -0.147. The maximum atomic E-state index is 13.0. The Balaban J connectivity index is 1.65. The fourth-order valence-corrected chi connectivity index (χ4v) is 3.51. The van der Waals surface area contributed by atoms with Crippen LogP contribution < -0.4 is 16.2 Å². The highest BCUT2D eigenvalue weighted by Gasteiger charge is 2.24. The van der Waals surface area contributed by atoms with Gasteiger partial charge in [-0.1, -0.05) is 48.0 Å². The van der Waals surface area contributed by atoms with Gasteiger partial charge in [-0.05, 0) is 59.5 Å². The van der Waals surface area contributed by atoms with Gasteiger partial charge in [0.2, 0.25) is 0 Å². The van der Waals surface area contributed by atoms with Gasteiger partial charge in [-0.15, -0.1) is 0 Å². The second-order valence-corrected chi connectivity index (χ2v) is 8.19. The summed E-state index contributed by atoms with van der Waals surface area (Å²) in [5.74, 6) is -3.97. The van der Waals surface area contributed by atoms with E-state index in [2.05, 4.69) is 16.2 Å². The van der Waals surface area contributed by atoms with Crippen LogP contribution in [-0.2, 0) is 20.8 Å². The number of aliphatic hydroxyl groups is 1. The summed E-state index contributed by atoms with van der Waals surface area (Å²) in [6.45, 7) is 0. The first-order valence-corrected chi connectivity index (χ1v) is 11.0. The highest BCUT2D eigenvalue weighted by molar-refractivity contribution is 6.35. The van der Waals surface area contributed by atoms with Gasteiger partial charge in [-0.3, -0.25) is 20.4 Å². The van der Waals surface area contributed by atoms with Crippen molar-refractivity contribution in [2.24, 2.45) is 0 Å². The molecular formula is C25H23ClFN3O5. The molecule has 0 aliphatic rings. The highest BCUT2D eigenvalue weighted by atomic mass is 35.5. The Kier molecular flexibility index (Phi) is 8.77. The number of hydrogen-bond acceptors (Lipinski definition) is 5. The van der Waals surface area contributed by atoms with Crippen molar-refractivity contribution in [3.8, 4) is 11.1 Å². The average molecular weight is 500 g/mol. The van der Waals surface area contributed by atoms with E-state index in [1.807, 2.05) is 30.3 Å². The van der Waals surface area contributed by atoms with E-state index in [0.29, 0.717) is 10.7 Å². The number of aliphatic carboxylic acids is 1. The maximum absolute atomic E-state index is 13.0. The summed E-state index contributed by atoms with van der Waals surface area (Å²) in [5, 5.41) is 21.9. The summed E-state index contributed by atoms with van der Waals surface area (Å²) in [7, 11) is 0. The van der Waals surface area contributed by atoms with Crippen molar-refractivity contribution in [2.45, 2.75) is 25.0 Å². The topological polar surface area (TPSA) is 128 Å². The number of amides is 2. The number of carbonyl (C=O) groups excluding carboxylic acids is 2. The molecule has 8 nitrogen and oxygen atoms in total. The number of nitrogens with one attached hydrogen (secondary N) is 3. The van der Waals surface area contributed by atoms with E-state index < -0.39 is 35.7 Å². The van der Waals surface area contributed by atoms with Crippen molar-refractivity contribution in [1.82, 2.24) is 10.7 Å². The largest absolute Gasteiger partial charge is 0.479 e. The van der Waals surface area contributed by atoms with Crippen molar-refractivity contribution >= 4 is 35.1 Å². The Hall–Kier alpha value is -3.95. The number of rotatable bonds is 9. The Morgan fingerprint density at radius 1 is 0.914 bits per heavy atom. The van der Waals surface area contributed by atoms with Crippen LogP contribution in [0.25, 0.3) is 11.1 Å². The van der Waals surface area contributed by atoms with Crippen molar-refractivity contribution in [2.75, 3.05) is 5.43 Å². The molecule has 0 saturated heterocycles. The van der Waals surface area contributed by atoms with Crippen LogP contribution in [-0.4, -0.2) is 40.1 Å². The molecule has 5 N–H and O–H groups in total. The third-order valence-corrected chi connectivity index (χ3v) is 5.33. The molecule has 2 atom stereocenters. The van der Waals surface area contributed by atoms with Gasteiger partial charge in [0.25, 0.3) is 0 Å². The number of aliphatic hydroxyl groups excluding tert-OH is 1. The predicted molar refractivity (Wildman–Crippen MR) is 129 cm³/mol. The Bertz CT molecular complexity index is 1190. The molecule has 0 aliphatic carbocycles. The quantitative estimate of drug-likeness (QED) is 0.227. The van der Waals surface area contributed by atoms with Gasteiger partial charge in [0.05, 0.1) is 5.69 Å². The number of carboxylic acid groups (broad SMARTS) is 1. The minimum atomic E-state index is -1.73. The van der Waals surface area contributed by atoms with Gasteiger partial charge in [0.15, 0.2) is 6.10 Å². The van der Waals surface area contributed by atoms with Crippen LogP contribution in [0.2, 0.25) is 5.02 Å². The number of anilines is 1. The molecule has 0 aliphatic heterocycles. The zero-order valence-corrected chi connectivity index (χ0v) is 19.1. The van der Waals surface area contributed by atoms with E-state index >= 15 is 0 Å². The molecule has 0 fully saturated rings. The molecule has 0 saturated carbocycles. The van der Waals surface area contributed by atoms with Crippen molar-refractivity contribution < 1.29 is 29.0 Å². The monoisotopic (exact) mass is 499 g/mol. The molecule has 0 unspecified atom stereocenters. The molecule has 3 aromatic carbocycles. The van der Waals surface area contributed by atoms with E-state index in [1.165, 1.54) is 24.3 Å². The van der Waals surface area contributed by atoms with Crippen molar-refractivity contribution in [3.05, 3.63) is 89.2 Å². The van der Waals surface area contributed by atoms with Gasteiger partial charge < -0.3 is 15.5 Å². The van der Waals surface area contributed by atoms with Gasteiger partial charge in [-0.25, -0.2) is 9.18 Å². The SMILES string of the molecule is O=C(NNc1ccc(F)cc1)C(=O)N[C@H](Cc1ccc(-c2cccc(Cl)c2)cc1)C[C@@H](O)C(=O)O. The molecule has 10 heteroatoms. The minimum absolute atomic E-state index is 0.171. The molecule has 0 radical (unpaired) electrons. The first-order chi connectivity index (χ1) is 16.7. The molecule has 0 bridgehead atoms. The Morgan fingerprint density at radius 2 is 1.60 bits per heavy atom. The molecule has 3 aromatic rings. The molecule has 3 rings (SSSR count). The van der Waals surface area contributed by atoms with Gasteiger partial charge in [0, 0.05) is 17.5 Å². The minimum Gasteiger partial charge on any atom is -0.479 e. The second-order valence-electron chi connectivity index (χ2n) is 7.76. The molecule has 0 spiro atoms. The molecule has 0 heterocycles. The van der Waals surface area contributed by atoms with E-state index in [4.69, 9.17) is 16.7 Å². The fourth-order valence-electron chi connectivity index (χ4n) is 3.32. The number of carboxylic acids is 1. The number of halogens is 2. The summed E-state index contributed by atoms with van der Waals surface area (Å²) in [6, 6.07) is 18.9. The van der Waals surface area contributed by atoms with Crippen LogP contribution in [0.1, 0.15) is 12.0 Å². The maximum Gasteiger partial charge on any atom is 0.332 e. The number of carbonyl (C=O) groups is 3. The van der Waals surface area contributed by atoms with Crippen LogP contribution in [0.5, 0.6) is 0 Å². The lowest BCUT2D eigenvalue weighted by Crippen LogP contribution is -2.48. The number of hydrazine groups is 1. The third-order valence-electron chi connectivity index (χ3n) is 5.09. The van der Waals surface area contributed by atoms with E-state index in [0.717, 1.165) is 16.7 Å². The van der Waals surface area contributed by atoms with Crippen LogP contribution in [0.3, 0.4) is 0 Å². The van der Waals surface area contributed by atoms with Crippen LogP contribution in [0.15, 0.2) is 72.8 Å². The summed E-state index contributed by atoms with van der Waals surface area (Å²) in [5.41, 5.74) is 7.59. The van der Waals surface area contributed by atoms with Gasteiger partial charge >= 0.3 is 17.8 Å². The summed E-state index contributed by atoms with van der Waals surface area (Å²) in [6.07, 6.45) is -1.87. The normalized spacial score (nSPS) is 12.3. The third kappa shape index (κ3) is 7.80. The first-order valence-electron chi connectivity index (χ1n) is 10.6. The van der Waals surface area contributed by atoms with E-state index in [9.17, 15) is 23.9 Å². The van der Waals surface area contributed by atoms with Gasteiger partial charge in [0.1, 0.15) is 5.82 Å². The van der Waals surface area contributed by atoms with Crippen LogP contribution in [0, 0.1) is 5.82 Å². The summed E-state index contributed by atoms with van der Waals surface area (Å²) < 4.78 is 13.0. The van der Waals surface area contributed by atoms with E-state index in [-0.39, 0.29) is 12.8 Å². The van der Waals surface area contributed by atoms with Gasteiger partial charge in [-0.2, -0.15) is 0 Å². The van der Waals surface area contributed by atoms with Crippen LogP contribution >= 0.6 is 11.6 Å². The molecule has 35 heavy (non-hydrogen) atoms. The second kappa shape index (κ2) is 12.0. The first kappa shape index (κ1) is 25.7. The van der Waals surface area contributed by atoms with Crippen molar-refractivity contribution in [1.29, 1.82) is 0 Å². The summed E-state index contributed by atoms with van der Waals surface area (Å²) in [4.78, 5) is 35.7. The summed E-state index contributed by atoms with van der Waals surface area (Å²) >= 11 is 6.04. The lowest BCUT2D eigenvalue weighted by Gasteiger charge is -2.20. The number of benzene rings is 3. The Labute approximate surface area is 205 Å². The van der Waals surface area contributed by atoms with Crippen molar-refractivity contribution in [3.63, 3.8) is 0 Å². The van der Waals surface area contributed by atoms with E-state index in [1.54, 1.807) is 18.2 Å². The molecule has 0 aromatic heterocycles. The molecular weight excluding hydrogens is 477 g/mol. The molecule has 182 valence electrons. The highest BCUT2D eigenvalue weighted by Crippen LogP contribution is 2.23. The predicted octanol–water partition coefficient (Wildman–Crippen LogP) is 3.15. The number of hydrogen-bond donors (Lipinski definition) is 5. The van der Waals surface area contributed by atoms with Crippen LogP contribution in [0.4, 0.5) is 10.1 Å². The average Bonchev–Trinajstić information content (AvgIpc) is 2.83.